The van der Waals surface area contributed by atoms with Crippen LogP contribution in [0.2, 0.25) is 0 Å². The second-order valence-corrected chi connectivity index (χ2v) is 6.06. The number of rotatable bonds is 8. The van der Waals surface area contributed by atoms with Crippen LogP contribution in [0.15, 0.2) is 42.6 Å². The summed E-state index contributed by atoms with van der Waals surface area (Å²) in [5.74, 6) is 0.815. The van der Waals surface area contributed by atoms with Crippen LogP contribution in [0.3, 0.4) is 0 Å². The van der Waals surface area contributed by atoms with Gasteiger partial charge in [0.25, 0.3) is 5.91 Å². The van der Waals surface area contributed by atoms with E-state index >= 15 is 0 Å². The normalized spacial score (nSPS) is 10.5. The molecule has 1 aromatic heterocycles. The van der Waals surface area contributed by atoms with Gasteiger partial charge in [0.05, 0.1) is 0 Å². The first-order chi connectivity index (χ1) is 11.6. The molecule has 4 heteroatoms. The Hall–Kier alpha value is -2.36. The predicted octanol–water partition coefficient (Wildman–Crippen LogP) is 4.26. The molecule has 0 radical (unpaired) electrons. The van der Waals surface area contributed by atoms with Gasteiger partial charge in [-0.2, -0.15) is 0 Å². The van der Waals surface area contributed by atoms with Crippen molar-refractivity contribution in [2.75, 3.05) is 18.4 Å². The van der Waals surface area contributed by atoms with E-state index in [0.29, 0.717) is 12.1 Å². The van der Waals surface area contributed by atoms with E-state index in [1.165, 1.54) is 11.1 Å². The van der Waals surface area contributed by atoms with E-state index in [-0.39, 0.29) is 5.91 Å². The van der Waals surface area contributed by atoms with E-state index in [4.69, 9.17) is 0 Å². The zero-order valence-electron chi connectivity index (χ0n) is 14.9. The summed E-state index contributed by atoms with van der Waals surface area (Å²) in [5, 5.41) is 3.30. The zero-order valence-corrected chi connectivity index (χ0v) is 14.9. The number of anilines is 1. The van der Waals surface area contributed by atoms with Gasteiger partial charge in [0.15, 0.2) is 0 Å². The first kappa shape index (κ1) is 18.0. The highest BCUT2D eigenvalue weighted by atomic mass is 16.2. The molecular formula is C20H27N3O. The van der Waals surface area contributed by atoms with Gasteiger partial charge in [-0.15, -0.1) is 0 Å². The summed E-state index contributed by atoms with van der Waals surface area (Å²) in [7, 11) is 0. The number of hydrogen-bond acceptors (Lipinski definition) is 3. The Morgan fingerprint density at radius 2 is 1.88 bits per heavy atom. The Balaban J connectivity index is 2.06. The third-order valence-electron chi connectivity index (χ3n) is 3.84. The molecular weight excluding hydrogens is 298 g/mol. The number of aromatic nitrogens is 1. The molecule has 0 unspecified atom stereocenters. The first-order valence-electron chi connectivity index (χ1n) is 8.68. The number of aryl methyl sites for hydroxylation is 1. The monoisotopic (exact) mass is 325 g/mol. The third kappa shape index (κ3) is 5.08. The summed E-state index contributed by atoms with van der Waals surface area (Å²) < 4.78 is 0. The highest BCUT2D eigenvalue weighted by Crippen LogP contribution is 2.13. The summed E-state index contributed by atoms with van der Waals surface area (Å²) in [5.41, 5.74) is 3.13. The van der Waals surface area contributed by atoms with Crippen LogP contribution in [0, 0.1) is 6.92 Å². The van der Waals surface area contributed by atoms with Crippen molar-refractivity contribution in [2.24, 2.45) is 0 Å². The fourth-order valence-corrected chi connectivity index (χ4v) is 2.71. The van der Waals surface area contributed by atoms with Crippen molar-refractivity contribution in [3.8, 4) is 0 Å². The maximum atomic E-state index is 12.7. The number of benzene rings is 1. The van der Waals surface area contributed by atoms with E-state index in [9.17, 15) is 4.79 Å². The number of amides is 1. The van der Waals surface area contributed by atoms with Crippen LogP contribution in [0.25, 0.3) is 0 Å². The number of hydrogen-bond donors (Lipinski definition) is 1. The van der Waals surface area contributed by atoms with E-state index in [1.807, 2.05) is 17.0 Å². The summed E-state index contributed by atoms with van der Waals surface area (Å²) in [6.45, 7) is 8.55. The molecule has 0 spiro atoms. The van der Waals surface area contributed by atoms with Gasteiger partial charge in [-0.1, -0.05) is 43.7 Å². The van der Waals surface area contributed by atoms with Crippen LogP contribution in [0.1, 0.15) is 48.2 Å². The number of pyridine rings is 1. The van der Waals surface area contributed by atoms with Gasteiger partial charge >= 0.3 is 0 Å². The van der Waals surface area contributed by atoms with Crippen molar-refractivity contribution in [3.63, 3.8) is 0 Å². The highest BCUT2D eigenvalue weighted by Gasteiger charge is 2.14. The molecule has 0 fully saturated rings. The lowest BCUT2D eigenvalue weighted by Crippen LogP contribution is -2.32. The zero-order chi connectivity index (χ0) is 17.4. The molecule has 2 rings (SSSR count). The average molecular weight is 325 g/mol. The SMILES string of the molecule is CCCN(CCC)C(=O)c1ccnc(NCc2cccc(C)c2)c1. The minimum atomic E-state index is 0.0831. The Bertz CT molecular complexity index is 663. The molecule has 0 aliphatic heterocycles. The summed E-state index contributed by atoms with van der Waals surface area (Å²) in [4.78, 5) is 18.9. The maximum Gasteiger partial charge on any atom is 0.254 e. The van der Waals surface area contributed by atoms with Gasteiger partial charge in [0.1, 0.15) is 5.82 Å². The molecule has 0 atom stereocenters. The fraction of sp³-hybridized carbons (Fsp3) is 0.400. The van der Waals surface area contributed by atoms with E-state index < -0.39 is 0 Å². The van der Waals surface area contributed by atoms with Crippen LogP contribution < -0.4 is 5.32 Å². The molecule has 1 heterocycles. The Kier molecular flexibility index (Phi) is 6.79. The van der Waals surface area contributed by atoms with Gasteiger partial charge in [-0.3, -0.25) is 4.79 Å². The number of carbonyl (C=O) groups is 1. The highest BCUT2D eigenvalue weighted by molar-refractivity contribution is 5.94. The molecule has 0 saturated carbocycles. The molecule has 128 valence electrons. The molecule has 1 amide bonds. The van der Waals surface area contributed by atoms with Crippen molar-refractivity contribution < 1.29 is 4.79 Å². The van der Waals surface area contributed by atoms with Crippen molar-refractivity contribution in [1.82, 2.24) is 9.88 Å². The molecule has 0 bridgehead atoms. The van der Waals surface area contributed by atoms with Crippen LogP contribution >= 0.6 is 0 Å². The summed E-state index contributed by atoms with van der Waals surface area (Å²) in [6.07, 6.45) is 3.63. The van der Waals surface area contributed by atoms with Crippen molar-refractivity contribution in [3.05, 3.63) is 59.3 Å². The number of nitrogens with one attached hydrogen (secondary N) is 1. The molecule has 4 nitrogen and oxygen atoms in total. The van der Waals surface area contributed by atoms with Gasteiger partial charge in [-0.05, 0) is 37.5 Å². The van der Waals surface area contributed by atoms with Crippen molar-refractivity contribution in [1.29, 1.82) is 0 Å². The van der Waals surface area contributed by atoms with Crippen molar-refractivity contribution >= 4 is 11.7 Å². The second kappa shape index (κ2) is 9.06. The summed E-state index contributed by atoms with van der Waals surface area (Å²) in [6, 6.07) is 12.0. The van der Waals surface area contributed by atoms with E-state index in [0.717, 1.165) is 31.7 Å². The van der Waals surface area contributed by atoms with Gasteiger partial charge in [0, 0.05) is 31.4 Å². The quantitative estimate of drug-likeness (QED) is 0.788. The Labute approximate surface area is 144 Å². The Morgan fingerprint density at radius 3 is 2.54 bits per heavy atom. The minimum absolute atomic E-state index is 0.0831. The van der Waals surface area contributed by atoms with Crippen LogP contribution in [0.4, 0.5) is 5.82 Å². The lowest BCUT2D eigenvalue weighted by Gasteiger charge is -2.21. The van der Waals surface area contributed by atoms with Gasteiger partial charge in [-0.25, -0.2) is 4.98 Å². The number of nitrogens with zero attached hydrogens (tertiary/aromatic N) is 2. The molecule has 2 aromatic rings. The van der Waals surface area contributed by atoms with Crippen LogP contribution in [-0.2, 0) is 6.54 Å². The molecule has 0 aliphatic carbocycles. The topological polar surface area (TPSA) is 45.2 Å². The first-order valence-corrected chi connectivity index (χ1v) is 8.68. The van der Waals surface area contributed by atoms with Crippen molar-refractivity contribution in [2.45, 2.75) is 40.2 Å². The Morgan fingerprint density at radius 1 is 1.12 bits per heavy atom. The average Bonchev–Trinajstić information content (AvgIpc) is 2.59. The molecule has 0 saturated heterocycles. The second-order valence-electron chi connectivity index (χ2n) is 6.06. The molecule has 24 heavy (non-hydrogen) atoms. The number of carbonyl (C=O) groups excluding carboxylic acids is 1. The fourth-order valence-electron chi connectivity index (χ4n) is 2.71. The molecule has 0 aliphatic rings. The van der Waals surface area contributed by atoms with E-state index in [1.54, 1.807) is 12.3 Å². The van der Waals surface area contributed by atoms with Gasteiger partial charge < -0.3 is 10.2 Å². The predicted molar refractivity (Wildman–Crippen MR) is 99.2 cm³/mol. The maximum absolute atomic E-state index is 12.7. The van der Waals surface area contributed by atoms with Crippen LogP contribution in [-0.4, -0.2) is 28.9 Å². The smallest absolute Gasteiger partial charge is 0.254 e. The lowest BCUT2D eigenvalue weighted by molar-refractivity contribution is 0.0755. The molecule has 1 aromatic carbocycles. The van der Waals surface area contributed by atoms with Crippen LogP contribution in [0.5, 0.6) is 0 Å². The third-order valence-corrected chi connectivity index (χ3v) is 3.84. The van der Waals surface area contributed by atoms with E-state index in [2.05, 4.69) is 49.3 Å². The lowest BCUT2D eigenvalue weighted by atomic mass is 10.1. The molecule has 1 N–H and O–H groups in total. The minimum Gasteiger partial charge on any atom is -0.366 e. The standard InChI is InChI=1S/C20H27N3O/c1-4-11-23(12-5-2)20(24)18-9-10-21-19(14-18)22-15-17-8-6-7-16(3)13-17/h6-10,13-14H,4-5,11-12,15H2,1-3H3,(H,21,22). The van der Waals surface area contributed by atoms with Gasteiger partial charge in [0.2, 0.25) is 0 Å². The largest absolute Gasteiger partial charge is 0.366 e. The summed E-state index contributed by atoms with van der Waals surface area (Å²) >= 11 is 0.